The van der Waals surface area contributed by atoms with Gasteiger partial charge < -0.3 is 10.4 Å². The molecule has 0 saturated carbocycles. The Hall–Kier alpha value is -3.56. The van der Waals surface area contributed by atoms with Crippen LogP contribution in [0.4, 0.5) is 21.5 Å². The van der Waals surface area contributed by atoms with Crippen molar-refractivity contribution in [2.45, 2.75) is 13.0 Å². The van der Waals surface area contributed by atoms with Gasteiger partial charge in [0.1, 0.15) is 11.9 Å². The molecule has 0 heterocycles. The van der Waals surface area contributed by atoms with E-state index in [2.05, 4.69) is 5.32 Å². The van der Waals surface area contributed by atoms with Crippen LogP contribution in [0, 0.1) is 26.0 Å². The Morgan fingerprint density at radius 3 is 2.32 bits per heavy atom. The molecule has 2 rings (SSSR count). The third-order valence-corrected chi connectivity index (χ3v) is 3.40. The first-order valence-electron chi connectivity index (χ1n) is 6.92. The minimum absolute atomic E-state index is 0.00399. The molecular formula is C15H12FN3O6. The van der Waals surface area contributed by atoms with Gasteiger partial charge in [-0.3, -0.25) is 25.0 Å². The molecule has 2 aromatic rings. The van der Waals surface area contributed by atoms with Crippen molar-refractivity contribution in [3.63, 3.8) is 0 Å². The van der Waals surface area contributed by atoms with Gasteiger partial charge in [-0.25, -0.2) is 4.39 Å². The topological polar surface area (TPSA) is 136 Å². The average molecular weight is 349 g/mol. The van der Waals surface area contributed by atoms with Gasteiger partial charge in [-0.1, -0.05) is 0 Å². The van der Waals surface area contributed by atoms with Crippen LogP contribution in [0.15, 0.2) is 36.4 Å². The predicted molar refractivity (Wildman–Crippen MR) is 85.9 cm³/mol. The molecule has 0 bridgehead atoms. The second-order valence-corrected chi connectivity index (χ2v) is 5.11. The van der Waals surface area contributed by atoms with E-state index < -0.39 is 39.0 Å². The normalized spacial score (nSPS) is 11.6. The number of hydrogen-bond acceptors (Lipinski definition) is 6. The zero-order valence-electron chi connectivity index (χ0n) is 12.8. The Bertz CT molecular complexity index is 870. The van der Waals surface area contributed by atoms with Crippen LogP contribution < -0.4 is 5.32 Å². The lowest BCUT2D eigenvalue weighted by molar-refractivity contribution is -0.393. The fourth-order valence-corrected chi connectivity index (χ4v) is 2.18. The molecule has 2 N–H and O–H groups in total. The van der Waals surface area contributed by atoms with Gasteiger partial charge in [-0.2, -0.15) is 0 Å². The van der Waals surface area contributed by atoms with Crippen LogP contribution in [0.2, 0.25) is 0 Å². The van der Waals surface area contributed by atoms with Crippen LogP contribution in [-0.4, -0.2) is 27.0 Å². The number of nitrogens with one attached hydrogen (secondary N) is 1. The molecule has 1 atom stereocenters. The Morgan fingerprint density at radius 1 is 1.12 bits per heavy atom. The predicted octanol–water partition coefficient (Wildman–Crippen LogP) is 3.19. The molecule has 0 saturated heterocycles. The molecule has 9 nitrogen and oxygen atoms in total. The fraction of sp³-hybridized carbons (Fsp3) is 0.133. The molecule has 0 radical (unpaired) electrons. The maximum Gasteiger partial charge on any atom is 0.325 e. The molecule has 0 aliphatic rings. The van der Waals surface area contributed by atoms with Crippen molar-refractivity contribution in [1.82, 2.24) is 0 Å². The van der Waals surface area contributed by atoms with Crippen molar-refractivity contribution in [2.75, 3.05) is 5.32 Å². The second kappa shape index (κ2) is 6.91. The van der Waals surface area contributed by atoms with E-state index in [4.69, 9.17) is 5.11 Å². The molecule has 0 aliphatic carbocycles. The number of rotatable bonds is 6. The standard InChI is InChI=1S/C15H12FN3O6/c1-8(15(20)21)17-13-6-9(16)2-4-11(13)12-5-3-10(18(22)23)7-14(12)19(24)25/h2-8,17H,1H3,(H,20,21). The number of halogens is 1. The first kappa shape index (κ1) is 17.8. The summed E-state index contributed by atoms with van der Waals surface area (Å²) in [4.78, 5) is 31.5. The lowest BCUT2D eigenvalue weighted by Crippen LogP contribution is -2.25. The molecule has 1 unspecified atom stereocenters. The number of nitro benzene ring substituents is 2. The number of nitro groups is 2. The Labute approximate surface area is 140 Å². The Morgan fingerprint density at radius 2 is 1.76 bits per heavy atom. The Kier molecular flexibility index (Phi) is 4.92. The van der Waals surface area contributed by atoms with E-state index in [1.54, 1.807) is 0 Å². The number of hydrogen-bond donors (Lipinski definition) is 2. The molecule has 25 heavy (non-hydrogen) atoms. The summed E-state index contributed by atoms with van der Waals surface area (Å²) < 4.78 is 13.5. The maximum atomic E-state index is 13.5. The summed E-state index contributed by atoms with van der Waals surface area (Å²) in [5.74, 6) is -1.87. The maximum absolute atomic E-state index is 13.5. The number of nitrogens with zero attached hydrogens (tertiary/aromatic N) is 2. The van der Waals surface area contributed by atoms with Gasteiger partial charge in [-0.05, 0) is 31.2 Å². The minimum atomic E-state index is -1.20. The largest absolute Gasteiger partial charge is 0.480 e. The van der Waals surface area contributed by atoms with Crippen molar-refractivity contribution in [3.05, 3.63) is 62.4 Å². The summed E-state index contributed by atoms with van der Waals surface area (Å²) in [6, 6.07) is 5.24. The highest BCUT2D eigenvalue weighted by Crippen LogP contribution is 2.37. The minimum Gasteiger partial charge on any atom is -0.480 e. The highest BCUT2D eigenvalue weighted by molar-refractivity contribution is 5.87. The summed E-state index contributed by atoms with van der Waals surface area (Å²) in [6.07, 6.45) is 0. The van der Waals surface area contributed by atoms with Crippen molar-refractivity contribution < 1.29 is 24.1 Å². The molecule has 0 fully saturated rings. The average Bonchev–Trinajstić information content (AvgIpc) is 2.54. The SMILES string of the molecule is CC(Nc1cc(F)ccc1-c1ccc([N+](=O)[O-])cc1[N+](=O)[O-])C(=O)O. The van der Waals surface area contributed by atoms with E-state index in [1.165, 1.54) is 19.1 Å². The second-order valence-electron chi connectivity index (χ2n) is 5.11. The van der Waals surface area contributed by atoms with Crippen LogP contribution in [0.25, 0.3) is 11.1 Å². The first-order chi connectivity index (χ1) is 11.7. The molecule has 0 spiro atoms. The molecule has 10 heteroatoms. The zero-order chi connectivity index (χ0) is 18.7. The molecule has 0 aromatic heterocycles. The highest BCUT2D eigenvalue weighted by Gasteiger charge is 2.23. The van der Waals surface area contributed by atoms with Gasteiger partial charge in [0.25, 0.3) is 11.4 Å². The summed E-state index contributed by atoms with van der Waals surface area (Å²) in [7, 11) is 0. The van der Waals surface area contributed by atoms with E-state index in [0.29, 0.717) is 0 Å². The molecule has 2 aromatic carbocycles. The van der Waals surface area contributed by atoms with E-state index >= 15 is 0 Å². The number of aliphatic carboxylic acids is 1. The number of carbonyl (C=O) groups is 1. The van der Waals surface area contributed by atoms with Crippen molar-refractivity contribution in [3.8, 4) is 11.1 Å². The van der Waals surface area contributed by atoms with Gasteiger partial charge in [0.2, 0.25) is 0 Å². The molecule has 0 amide bonds. The summed E-state index contributed by atoms with van der Waals surface area (Å²) in [5, 5.41) is 33.6. The summed E-state index contributed by atoms with van der Waals surface area (Å²) >= 11 is 0. The molecule has 0 aliphatic heterocycles. The lowest BCUT2D eigenvalue weighted by atomic mass is 10.0. The summed E-state index contributed by atoms with van der Waals surface area (Å²) in [5.41, 5.74) is -0.851. The van der Waals surface area contributed by atoms with Gasteiger partial charge in [0.05, 0.1) is 21.5 Å². The van der Waals surface area contributed by atoms with Crippen molar-refractivity contribution in [2.24, 2.45) is 0 Å². The van der Waals surface area contributed by atoms with Crippen LogP contribution in [0.3, 0.4) is 0 Å². The fourth-order valence-electron chi connectivity index (χ4n) is 2.18. The van der Waals surface area contributed by atoms with Gasteiger partial charge in [0, 0.05) is 17.3 Å². The smallest absolute Gasteiger partial charge is 0.325 e. The summed E-state index contributed by atoms with van der Waals surface area (Å²) in [6.45, 7) is 1.32. The van der Waals surface area contributed by atoms with E-state index in [0.717, 1.165) is 24.3 Å². The van der Waals surface area contributed by atoms with Crippen LogP contribution in [0.1, 0.15) is 6.92 Å². The molecule has 130 valence electrons. The third-order valence-electron chi connectivity index (χ3n) is 3.40. The number of carboxylic acids is 1. The van der Waals surface area contributed by atoms with Crippen LogP contribution >= 0.6 is 0 Å². The number of non-ortho nitro benzene ring substituents is 1. The van der Waals surface area contributed by atoms with Crippen LogP contribution in [0.5, 0.6) is 0 Å². The highest BCUT2D eigenvalue weighted by atomic mass is 19.1. The monoisotopic (exact) mass is 349 g/mol. The van der Waals surface area contributed by atoms with Crippen LogP contribution in [-0.2, 0) is 4.79 Å². The lowest BCUT2D eigenvalue weighted by Gasteiger charge is -2.15. The molecular weight excluding hydrogens is 337 g/mol. The quantitative estimate of drug-likeness (QED) is 0.603. The number of benzene rings is 2. The van der Waals surface area contributed by atoms with Gasteiger partial charge in [0.15, 0.2) is 0 Å². The number of anilines is 1. The zero-order valence-corrected chi connectivity index (χ0v) is 12.8. The van der Waals surface area contributed by atoms with Crippen molar-refractivity contribution in [1.29, 1.82) is 0 Å². The van der Waals surface area contributed by atoms with E-state index in [-0.39, 0.29) is 16.8 Å². The van der Waals surface area contributed by atoms with Crippen molar-refractivity contribution >= 4 is 23.0 Å². The van der Waals surface area contributed by atoms with Gasteiger partial charge in [-0.15, -0.1) is 0 Å². The van der Waals surface area contributed by atoms with E-state index in [9.17, 15) is 29.4 Å². The number of carboxylic acid groups (broad SMARTS) is 1. The van der Waals surface area contributed by atoms with Gasteiger partial charge >= 0.3 is 5.97 Å². The Balaban J connectivity index is 2.63. The van der Waals surface area contributed by atoms with E-state index in [1.807, 2.05) is 0 Å². The third kappa shape index (κ3) is 3.86. The first-order valence-corrected chi connectivity index (χ1v) is 6.92.